The second kappa shape index (κ2) is 15.6. The standard InChI is InChI=1S/C5H11.CH3.Sr/c1-3-5-4-2;;/h1,3-5H2,2H3;1H3;/q2*-1;+2. The summed E-state index contributed by atoms with van der Waals surface area (Å²) in [6.07, 6.45) is 3.65. The average Bonchev–Trinajstić information content (AvgIpc) is 1.41. The maximum atomic E-state index is 3.68. The van der Waals surface area contributed by atoms with Crippen molar-refractivity contribution in [3.05, 3.63) is 14.4 Å². The molecule has 0 rings (SSSR count). The van der Waals surface area contributed by atoms with Gasteiger partial charge in [-0.15, -0.1) is 0 Å². The van der Waals surface area contributed by atoms with Crippen molar-refractivity contribution >= 4 is 45.5 Å². The Morgan fingerprint density at radius 2 is 1.86 bits per heavy atom. The van der Waals surface area contributed by atoms with Crippen LogP contribution in [0.1, 0.15) is 26.2 Å². The van der Waals surface area contributed by atoms with Gasteiger partial charge in [0.2, 0.25) is 0 Å². The molecule has 0 radical (unpaired) electrons. The van der Waals surface area contributed by atoms with E-state index in [9.17, 15) is 0 Å². The molecule has 7 heavy (non-hydrogen) atoms. The monoisotopic (exact) mass is 174 g/mol. The van der Waals surface area contributed by atoms with Crippen LogP contribution in [0, 0.1) is 14.4 Å². The van der Waals surface area contributed by atoms with Crippen molar-refractivity contribution in [2.24, 2.45) is 0 Å². The van der Waals surface area contributed by atoms with E-state index in [1.165, 1.54) is 12.8 Å². The van der Waals surface area contributed by atoms with Gasteiger partial charge < -0.3 is 14.4 Å². The van der Waals surface area contributed by atoms with Gasteiger partial charge in [-0.1, -0.05) is 19.8 Å². The van der Waals surface area contributed by atoms with E-state index in [0.717, 1.165) is 6.42 Å². The van der Waals surface area contributed by atoms with Crippen LogP contribution in [-0.4, -0.2) is 45.5 Å². The summed E-state index contributed by atoms with van der Waals surface area (Å²) in [6.45, 7) is 5.85. The fourth-order valence-electron chi connectivity index (χ4n) is 0.250. The largest absolute Gasteiger partial charge is 2.00 e. The third-order valence-electron chi connectivity index (χ3n) is 0.604. The molecule has 0 saturated heterocycles. The first-order valence-electron chi connectivity index (χ1n) is 2.21. The van der Waals surface area contributed by atoms with Crippen molar-refractivity contribution in [2.45, 2.75) is 26.2 Å². The Balaban J connectivity index is -0.0000000800. The molecule has 0 amide bonds. The summed E-state index contributed by atoms with van der Waals surface area (Å²) < 4.78 is 0. The van der Waals surface area contributed by atoms with Crippen molar-refractivity contribution < 1.29 is 0 Å². The molecule has 0 N–H and O–H groups in total. The molecule has 0 aliphatic heterocycles. The minimum absolute atomic E-state index is 0. The van der Waals surface area contributed by atoms with Crippen molar-refractivity contribution in [2.75, 3.05) is 0 Å². The van der Waals surface area contributed by atoms with Gasteiger partial charge in [0.1, 0.15) is 0 Å². The number of hydrogen-bond donors (Lipinski definition) is 0. The molecule has 0 atom stereocenters. The molecular weight excluding hydrogens is 160 g/mol. The smallest absolute Gasteiger partial charge is 0.358 e. The summed E-state index contributed by atoms with van der Waals surface area (Å²) in [5.74, 6) is 0. The molecular formula is C6H14Sr. The van der Waals surface area contributed by atoms with E-state index in [2.05, 4.69) is 13.8 Å². The SMILES string of the molecule is [CH2-]CCCC.[CH3-].[Sr+2]. The van der Waals surface area contributed by atoms with Crippen LogP contribution in [-0.2, 0) is 0 Å². The first kappa shape index (κ1) is 15.8. The average molecular weight is 174 g/mol. The molecule has 0 unspecified atom stereocenters. The van der Waals surface area contributed by atoms with Gasteiger partial charge in [-0.3, -0.25) is 0 Å². The first-order valence-corrected chi connectivity index (χ1v) is 2.21. The van der Waals surface area contributed by atoms with Gasteiger partial charge in [-0.05, 0) is 0 Å². The zero-order chi connectivity index (χ0) is 4.12. The summed E-state index contributed by atoms with van der Waals surface area (Å²) in [5, 5.41) is 0. The normalized spacial score (nSPS) is 6.00. The van der Waals surface area contributed by atoms with Gasteiger partial charge >= 0.3 is 45.5 Å². The quantitative estimate of drug-likeness (QED) is 0.443. The Kier molecular flexibility index (Phi) is 35.3. The predicted molar refractivity (Wildman–Crippen MR) is 37.0 cm³/mol. The molecule has 0 spiro atoms. The van der Waals surface area contributed by atoms with Crippen LogP contribution in [0.5, 0.6) is 0 Å². The Morgan fingerprint density at radius 3 is 1.86 bits per heavy atom. The number of rotatable bonds is 2. The Labute approximate surface area is 85.0 Å². The minimum atomic E-state index is 0. The Bertz CT molecular complexity index is 11.7. The van der Waals surface area contributed by atoms with E-state index in [1.54, 1.807) is 0 Å². The first-order chi connectivity index (χ1) is 2.41. The molecule has 0 bridgehead atoms. The molecule has 0 fully saturated rings. The fourth-order valence-corrected chi connectivity index (χ4v) is 0.250. The fraction of sp³-hybridized carbons (Fsp3) is 0.667. The summed E-state index contributed by atoms with van der Waals surface area (Å²) in [5.41, 5.74) is 0. The maximum Gasteiger partial charge on any atom is 2.00 e. The second-order valence-electron chi connectivity index (χ2n) is 1.21. The molecule has 0 heterocycles. The van der Waals surface area contributed by atoms with E-state index in [4.69, 9.17) is 0 Å². The van der Waals surface area contributed by atoms with Gasteiger partial charge in [0.25, 0.3) is 0 Å². The number of hydrogen-bond acceptors (Lipinski definition) is 0. The van der Waals surface area contributed by atoms with Crippen molar-refractivity contribution in [3.63, 3.8) is 0 Å². The molecule has 40 valence electrons. The molecule has 0 aromatic rings. The van der Waals surface area contributed by atoms with Crippen molar-refractivity contribution in [3.8, 4) is 0 Å². The third kappa shape index (κ3) is 18.5. The van der Waals surface area contributed by atoms with Crippen LogP contribution in [0.2, 0.25) is 0 Å². The summed E-state index contributed by atoms with van der Waals surface area (Å²) in [7, 11) is 0. The third-order valence-corrected chi connectivity index (χ3v) is 0.604. The van der Waals surface area contributed by atoms with E-state index in [-0.39, 0.29) is 52.9 Å². The minimum Gasteiger partial charge on any atom is -0.358 e. The topological polar surface area (TPSA) is 0 Å². The second-order valence-corrected chi connectivity index (χ2v) is 1.21. The molecule has 0 nitrogen and oxygen atoms in total. The molecule has 0 aromatic heterocycles. The van der Waals surface area contributed by atoms with E-state index >= 15 is 0 Å². The maximum absolute atomic E-state index is 3.68. The molecule has 1 heteroatoms. The van der Waals surface area contributed by atoms with E-state index in [1.807, 2.05) is 0 Å². The van der Waals surface area contributed by atoms with Crippen LogP contribution in [0.25, 0.3) is 0 Å². The van der Waals surface area contributed by atoms with E-state index < -0.39 is 0 Å². The van der Waals surface area contributed by atoms with Crippen molar-refractivity contribution in [1.82, 2.24) is 0 Å². The summed E-state index contributed by atoms with van der Waals surface area (Å²) in [6, 6.07) is 0. The van der Waals surface area contributed by atoms with Crippen molar-refractivity contribution in [1.29, 1.82) is 0 Å². The Morgan fingerprint density at radius 1 is 1.43 bits per heavy atom. The van der Waals surface area contributed by atoms with Crippen LogP contribution >= 0.6 is 0 Å². The van der Waals surface area contributed by atoms with Gasteiger partial charge in [0.15, 0.2) is 0 Å². The number of unbranched alkanes of at least 4 members (excludes halogenated alkanes) is 2. The van der Waals surface area contributed by atoms with Crippen LogP contribution in [0.3, 0.4) is 0 Å². The van der Waals surface area contributed by atoms with Gasteiger partial charge in [0.05, 0.1) is 0 Å². The molecule has 0 aliphatic rings. The molecule has 0 aromatic carbocycles. The Hall–Kier alpha value is 1.48. The van der Waals surface area contributed by atoms with Crippen LogP contribution in [0.4, 0.5) is 0 Å². The van der Waals surface area contributed by atoms with Crippen LogP contribution in [0.15, 0.2) is 0 Å². The predicted octanol–water partition coefficient (Wildman–Crippen LogP) is 2.08. The zero-order valence-electron chi connectivity index (χ0n) is 5.54. The molecule has 0 aliphatic carbocycles. The van der Waals surface area contributed by atoms with E-state index in [0.29, 0.717) is 0 Å². The van der Waals surface area contributed by atoms with Gasteiger partial charge in [0, 0.05) is 0 Å². The summed E-state index contributed by atoms with van der Waals surface area (Å²) in [4.78, 5) is 0. The van der Waals surface area contributed by atoms with Crippen LogP contribution < -0.4 is 0 Å². The van der Waals surface area contributed by atoms with Gasteiger partial charge in [-0.2, -0.15) is 6.42 Å². The zero-order valence-corrected chi connectivity index (χ0v) is 9.01. The summed E-state index contributed by atoms with van der Waals surface area (Å²) >= 11 is 0. The van der Waals surface area contributed by atoms with Gasteiger partial charge in [-0.25, -0.2) is 0 Å². The molecule has 0 saturated carbocycles.